The molecule has 3 rings (SSSR count). The maximum atomic E-state index is 12.8. The molecule has 0 atom stereocenters. The molecule has 6 heteroatoms. The first-order valence-corrected chi connectivity index (χ1v) is 9.19. The van der Waals surface area contributed by atoms with Crippen LogP contribution in [0.2, 0.25) is 0 Å². The molecule has 0 aliphatic rings. The number of thioether (sulfide) groups is 1. The highest BCUT2D eigenvalue weighted by Gasteiger charge is 2.07. The fourth-order valence-electron chi connectivity index (χ4n) is 2.67. The van der Waals surface area contributed by atoms with Crippen LogP contribution >= 0.6 is 11.8 Å². The van der Waals surface area contributed by atoms with Crippen LogP contribution in [0, 0.1) is 12.7 Å². The summed E-state index contributed by atoms with van der Waals surface area (Å²) in [6, 6.07) is 14.3. The number of nitrogens with one attached hydrogen (secondary N) is 1. The van der Waals surface area contributed by atoms with Gasteiger partial charge in [-0.3, -0.25) is 4.79 Å². The molecular formula is C19H20FN3OS. The van der Waals surface area contributed by atoms with Crippen molar-refractivity contribution in [2.24, 2.45) is 0 Å². The summed E-state index contributed by atoms with van der Waals surface area (Å²) < 4.78 is 15.0. The Morgan fingerprint density at radius 3 is 2.76 bits per heavy atom. The number of aromatic nitrogens is 2. The van der Waals surface area contributed by atoms with Gasteiger partial charge in [-0.25, -0.2) is 9.37 Å². The number of nitrogens with zero attached hydrogens (tertiary/aromatic N) is 2. The molecule has 1 heterocycles. The molecule has 0 saturated heterocycles. The standard InChI is InChI=1S/C19H20FN3OS/c1-14-22-17-4-2-3-5-18(17)23(14)12-11-21-19(24)10-13-25-16-8-6-15(20)7-9-16/h2-9H,10-13H2,1H3,(H,21,24). The minimum absolute atomic E-state index is 0.0247. The molecule has 130 valence electrons. The van der Waals surface area contributed by atoms with Crippen molar-refractivity contribution >= 4 is 28.7 Å². The number of benzene rings is 2. The summed E-state index contributed by atoms with van der Waals surface area (Å²) in [5.74, 6) is 1.40. The fourth-order valence-corrected chi connectivity index (χ4v) is 3.52. The average molecular weight is 357 g/mol. The number of para-hydroxylation sites is 2. The Balaban J connectivity index is 1.43. The first-order chi connectivity index (χ1) is 12.1. The van der Waals surface area contributed by atoms with E-state index >= 15 is 0 Å². The molecule has 0 aliphatic heterocycles. The van der Waals surface area contributed by atoms with Gasteiger partial charge in [0, 0.05) is 30.2 Å². The van der Waals surface area contributed by atoms with Gasteiger partial charge in [0.2, 0.25) is 5.91 Å². The number of hydrogen-bond donors (Lipinski definition) is 1. The lowest BCUT2D eigenvalue weighted by Crippen LogP contribution is -2.27. The zero-order chi connectivity index (χ0) is 17.6. The molecule has 0 radical (unpaired) electrons. The summed E-state index contributed by atoms with van der Waals surface area (Å²) in [5, 5.41) is 2.95. The number of amides is 1. The summed E-state index contributed by atoms with van der Waals surface area (Å²) in [6.45, 7) is 3.24. The lowest BCUT2D eigenvalue weighted by Gasteiger charge is -2.08. The number of rotatable bonds is 7. The van der Waals surface area contributed by atoms with Gasteiger partial charge >= 0.3 is 0 Å². The van der Waals surface area contributed by atoms with Crippen LogP contribution in [-0.4, -0.2) is 27.8 Å². The van der Waals surface area contributed by atoms with E-state index < -0.39 is 0 Å². The summed E-state index contributed by atoms with van der Waals surface area (Å²) in [6.07, 6.45) is 0.436. The smallest absolute Gasteiger partial charge is 0.220 e. The van der Waals surface area contributed by atoms with Crippen molar-refractivity contribution in [1.82, 2.24) is 14.9 Å². The van der Waals surface area contributed by atoms with Crippen LogP contribution in [0.4, 0.5) is 4.39 Å². The predicted molar refractivity (Wildman–Crippen MR) is 99.2 cm³/mol. The van der Waals surface area contributed by atoms with E-state index in [1.807, 2.05) is 31.2 Å². The number of carbonyl (C=O) groups is 1. The molecular weight excluding hydrogens is 337 g/mol. The van der Waals surface area contributed by atoms with Crippen LogP contribution in [0.15, 0.2) is 53.4 Å². The van der Waals surface area contributed by atoms with Gasteiger partial charge in [0.1, 0.15) is 11.6 Å². The molecule has 1 aromatic heterocycles. The van der Waals surface area contributed by atoms with E-state index in [0.717, 1.165) is 21.8 Å². The SMILES string of the molecule is Cc1nc2ccccc2n1CCNC(=O)CCSc1ccc(F)cc1. The summed E-state index contributed by atoms with van der Waals surface area (Å²) in [7, 11) is 0. The Hall–Kier alpha value is -2.34. The predicted octanol–water partition coefficient (Wildman–Crippen LogP) is 3.78. The molecule has 4 nitrogen and oxygen atoms in total. The number of hydrogen-bond acceptors (Lipinski definition) is 3. The van der Waals surface area contributed by atoms with Gasteiger partial charge < -0.3 is 9.88 Å². The molecule has 1 amide bonds. The molecule has 0 aliphatic carbocycles. The van der Waals surface area contributed by atoms with Crippen molar-refractivity contribution < 1.29 is 9.18 Å². The lowest BCUT2D eigenvalue weighted by atomic mass is 10.3. The van der Waals surface area contributed by atoms with Crippen molar-refractivity contribution in [3.8, 4) is 0 Å². The first-order valence-electron chi connectivity index (χ1n) is 8.20. The van der Waals surface area contributed by atoms with E-state index in [4.69, 9.17) is 0 Å². The number of imidazole rings is 1. The molecule has 2 aromatic carbocycles. The Morgan fingerprint density at radius 2 is 1.96 bits per heavy atom. The van der Waals surface area contributed by atoms with E-state index in [0.29, 0.717) is 25.3 Å². The summed E-state index contributed by atoms with van der Waals surface area (Å²) in [5.41, 5.74) is 2.06. The largest absolute Gasteiger partial charge is 0.354 e. The Kier molecular flexibility index (Phi) is 5.71. The Labute approximate surface area is 150 Å². The number of fused-ring (bicyclic) bond motifs is 1. The molecule has 0 spiro atoms. The molecule has 0 saturated carbocycles. The molecule has 0 fully saturated rings. The maximum Gasteiger partial charge on any atom is 0.220 e. The minimum atomic E-state index is -0.246. The molecule has 3 aromatic rings. The highest BCUT2D eigenvalue weighted by molar-refractivity contribution is 7.99. The number of carbonyl (C=O) groups excluding carboxylic acids is 1. The highest BCUT2D eigenvalue weighted by atomic mass is 32.2. The lowest BCUT2D eigenvalue weighted by molar-refractivity contribution is -0.120. The van der Waals surface area contributed by atoms with Crippen LogP contribution in [0.1, 0.15) is 12.2 Å². The second kappa shape index (κ2) is 8.16. The van der Waals surface area contributed by atoms with Crippen LogP contribution in [-0.2, 0) is 11.3 Å². The van der Waals surface area contributed by atoms with E-state index in [9.17, 15) is 9.18 Å². The van der Waals surface area contributed by atoms with Crippen LogP contribution in [0.3, 0.4) is 0 Å². The zero-order valence-corrected chi connectivity index (χ0v) is 14.9. The van der Waals surface area contributed by atoms with Gasteiger partial charge in [0.05, 0.1) is 11.0 Å². The van der Waals surface area contributed by atoms with Crippen molar-refractivity contribution in [3.63, 3.8) is 0 Å². The third-order valence-corrected chi connectivity index (χ3v) is 4.93. The Bertz CT molecular complexity index is 861. The van der Waals surface area contributed by atoms with E-state index in [2.05, 4.69) is 14.9 Å². The molecule has 1 N–H and O–H groups in total. The zero-order valence-electron chi connectivity index (χ0n) is 14.0. The Morgan fingerprint density at radius 1 is 1.20 bits per heavy atom. The summed E-state index contributed by atoms with van der Waals surface area (Å²) >= 11 is 1.55. The second-order valence-electron chi connectivity index (χ2n) is 5.70. The highest BCUT2D eigenvalue weighted by Crippen LogP contribution is 2.18. The van der Waals surface area contributed by atoms with E-state index in [1.165, 1.54) is 12.1 Å². The third kappa shape index (κ3) is 4.60. The van der Waals surface area contributed by atoms with Crippen molar-refractivity contribution in [3.05, 3.63) is 60.2 Å². The molecule has 0 bridgehead atoms. The first kappa shape index (κ1) is 17.5. The fraction of sp³-hybridized carbons (Fsp3) is 0.263. The van der Waals surface area contributed by atoms with Gasteiger partial charge in [-0.2, -0.15) is 0 Å². The molecule has 25 heavy (non-hydrogen) atoms. The number of aryl methyl sites for hydroxylation is 1. The van der Waals surface area contributed by atoms with Crippen molar-refractivity contribution in [2.45, 2.75) is 24.8 Å². The minimum Gasteiger partial charge on any atom is -0.354 e. The van der Waals surface area contributed by atoms with Gasteiger partial charge in [0.25, 0.3) is 0 Å². The average Bonchev–Trinajstić information content (AvgIpc) is 2.92. The molecule has 0 unspecified atom stereocenters. The quantitative estimate of drug-likeness (QED) is 0.655. The topological polar surface area (TPSA) is 46.9 Å². The van der Waals surface area contributed by atoms with Gasteiger partial charge in [-0.15, -0.1) is 11.8 Å². The number of halogens is 1. The van der Waals surface area contributed by atoms with Gasteiger partial charge in [0.15, 0.2) is 0 Å². The van der Waals surface area contributed by atoms with Gasteiger partial charge in [-0.1, -0.05) is 12.1 Å². The maximum absolute atomic E-state index is 12.8. The van der Waals surface area contributed by atoms with Crippen molar-refractivity contribution in [1.29, 1.82) is 0 Å². The van der Waals surface area contributed by atoms with Crippen LogP contribution in [0.25, 0.3) is 11.0 Å². The third-order valence-electron chi connectivity index (χ3n) is 3.91. The van der Waals surface area contributed by atoms with Crippen molar-refractivity contribution in [2.75, 3.05) is 12.3 Å². The van der Waals surface area contributed by atoms with Crippen LogP contribution in [0.5, 0.6) is 0 Å². The summed E-state index contributed by atoms with van der Waals surface area (Å²) in [4.78, 5) is 17.4. The monoisotopic (exact) mass is 357 g/mol. The normalized spacial score (nSPS) is 11.0. The van der Waals surface area contributed by atoms with E-state index in [-0.39, 0.29) is 11.7 Å². The second-order valence-corrected chi connectivity index (χ2v) is 6.87. The van der Waals surface area contributed by atoms with Gasteiger partial charge in [-0.05, 0) is 43.3 Å². The van der Waals surface area contributed by atoms with Crippen LogP contribution < -0.4 is 5.32 Å². The van der Waals surface area contributed by atoms with E-state index in [1.54, 1.807) is 23.9 Å².